The fourth-order valence-corrected chi connectivity index (χ4v) is 3.47. The average molecular weight is 310 g/mol. The third-order valence-corrected chi connectivity index (χ3v) is 5.02. The van der Waals surface area contributed by atoms with Crippen molar-refractivity contribution in [2.24, 2.45) is 0 Å². The van der Waals surface area contributed by atoms with Crippen molar-refractivity contribution in [1.82, 2.24) is 10.3 Å². The van der Waals surface area contributed by atoms with Gasteiger partial charge in [-0.05, 0) is 19.1 Å². The average Bonchev–Trinajstić information content (AvgIpc) is 3.02. The van der Waals surface area contributed by atoms with Crippen LogP contribution in [0.25, 0.3) is 0 Å². The van der Waals surface area contributed by atoms with Gasteiger partial charge in [0.2, 0.25) is 0 Å². The molecule has 0 amide bonds. The minimum Gasteiger partial charge on any atom is -0.376 e. The molecule has 0 radical (unpaired) electrons. The molecule has 2 aromatic rings. The zero-order chi connectivity index (χ0) is 14.4. The van der Waals surface area contributed by atoms with Gasteiger partial charge in [-0.25, -0.2) is 4.98 Å². The van der Waals surface area contributed by atoms with Gasteiger partial charge in [0, 0.05) is 33.6 Å². The number of nitrogens with zero attached hydrogens (tertiary/aromatic N) is 1. The van der Waals surface area contributed by atoms with Gasteiger partial charge < -0.3 is 10.1 Å². The molecule has 2 aromatic heterocycles. The molecule has 0 saturated carbocycles. The van der Waals surface area contributed by atoms with Gasteiger partial charge in [-0.3, -0.25) is 0 Å². The maximum atomic E-state index is 5.76. The molecule has 0 unspecified atom stereocenters. The summed E-state index contributed by atoms with van der Waals surface area (Å²) in [6, 6.07) is 4.88. The minimum atomic E-state index is 0.527. The molecule has 2 rings (SSSR count). The second kappa shape index (κ2) is 7.88. The monoisotopic (exact) mass is 310 g/mol. The molecule has 1 N–H and O–H groups in total. The summed E-state index contributed by atoms with van der Waals surface area (Å²) in [5.41, 5.74) is 3.04. The van der Waals surface area contributed by atoms with Crippen molar-refractivity contribution in [3.63, 3.8) is 0 Å². The van der Waals surface area contributed by atoms with Gasteiger partial charge in [-0.2, -0.15) is 0 Å². The third-order valence-electron chi connectivity index (χ3n) is 2.96. The van der Waals surface area contributed by atoms with Crippen LogP contribution in [0.2, 0.25) is 0 Å². The van der Waals surface area contributed by atoms with E-state index in [9.17, 15) is 0 Å². The van der Waals surface area contributed by atoms with Crippen molar-refractivity contribution in [3.05, 3.63) is 38.0 Å². The van der Waals surface area contributed by atoms with E-state index in [1.165, 1.54) is 14.6 Å². The van der Waals surface area contributed by atoms with E-state index in [0.717, 1.165) is 25.3 Å². The summed E-state index contributed by atoms with van der Waals surface area (Å²) >= 11 is 3.54. The van der Waals surface area contributed by atoms with E-state index in [4.69, 9.17) is 4.74 Å². The Kier molecular flexibility index (Phi) is 6.16. The van der Waals surface area contributed by atoms with Crippen molar-refractivity contribution in [3.8, 4) is 0 Å². The number of hydrogen-bond donors (Lipinski definition) is 1. The van der Waals surface area contributed by atoms with Gasteiger partial charge in [0.25, 0.3) is 0 Å². The number of rotatable bonds is 8. The highest BCUT2D eigenvalue weighted by atomic mass is 32.1. The number of hydrogen-bond acceptors (Lipinski definition) is 5. The molecule has 2 heterocycles. The largest absolute Gasteiger partial charge is 0.376 e. The van der Waals surface area contributed by atoms with E-state index in [1.54, 1.807) is 11.3 Å². The van der Waals surface area contributed by atoms with Crippen LogP contribution in [0.3, 0.4) is 0 Å². The van der Waals surface area contributed by atoms with Crippen LogP contribution in [-0.2, 0) is 24.3 Å². The maximum Gasteiger partial charge on any atom is 0.0809 e. The van der Waals surface area contributed by atoms with E-state index in [-0.39, 0.29) is 0 Å². The van der Waals surface area contributed by atoms with Crippen LogP contribution in [0.5, 0.6) is 0 Å². The third kappa shape index (κ3) is 4.98. The van der Waals surface area contributed by atoms with Crippen LogP contribution in [0.1, 0.15) is 34.2 Å². The molecule has 20 heavy (non-hydrogen) atoms. The van der Waals surface area contributed by atoms with Crippen LogP contribution < -0.4 is 5.32 Å². The fourth-order valence-electron chi connectivity index (χ4n) is 1.80. The van der Waals surface area contributed by atoms with Crippen LogP contribution in [-0.4, -0.2) is 17.6 Å². The van der Waals surface area contributed by atoms with E-state index in [1.807, 2.05) is 16.8 Å². The highest BCUT2D eigenvalue weighted by Crippen LogP contribution is 2.18. The van der Waals surface area contributed by atoms with Gasteiger partial charge in [0.05, 0.1) is 24.4 Å². The van der Waals surface area contributed by atoms with Crippen LogP contribution in [0.15, 0.2) is 17.6 Å². The number of ether oxygens (including phenoxy) is 1. The van der Waals surface area contributed by atoms with Gasteiger partial charge in [0.15, 0.2) is 0 Å². The number of nitrogens with one attached hydrogen (secondary N) is 1. The fraction of sp³-hybridized carbons (Fsp3) is 0.533. The van der Waals surface area contributed by atoms with Crippen LogP contribution >= 0.6 is 22.7 Å². The van der Waals surface area contributed by atoms with Crippen molar-refractivity contribution < 1.29 is 4.74 Å². The molecule has 110 valence electrons. The summed E-state index contributed by atoms with van der Waals surface area (Å²) in [6.07, 6.45) is 0.962. The van der Waals surface area contributed by atoms with Crippen molar-refractivity contribution >= 4 is 22.7 Å². The van der Waals surface area contributed by atoms with Crippen LogP contribution in [0, 0.1) is 6.92 Å². The molecule has 0 bridgehead atoms. The Morgan fingerprint density at radius 2 is 2.10 bits per heavy atom. The number of aryl methyl sites for hydroxylation is 1. The molecule has 0 aliphatic carbocycles. The first-order chi connectivity index (χ1) is 9.65. The summed E-state index contributed by atoms with van der Waals surface area (Å²) < 4.78 is 5.76. The summed E-state index contributed by atoms with van der Waals surface area (Å²) in [6.45, 7) is 8.81. The Morgan fingerprint density at radius 1 is 1.30 bits per heavy atom. The lowest BCUT2D eigenvalue weighted by molar-refractivity contribution is 0.126. The summed E-state index contributed by atoms with van der Waals surface area (Å²) in [5, 5.41) is 3.43. The normalized spacial score (nSPS) is 11.4. The SMILES string of the molecule is Cc1ncsc1CCOCc1ccc(CNC(C)C)s1. The Bertz CT molecular complexity index is 519. The smallest absolute Gasteiger partial charge is 0.0809 e. The lowest BCUT2D eigenvalue weighted by Gasteiger charge is -2.05. The first-order valence-corrected chi connectivity index (χ1v) is 8.62. The molecule has 0 aliphatic heterocycles. The summed E-state index contributed by atoms with van der Waals surface area (Å²) in [4.78, 5) is 8.25. The minimum absolute atomic E-state index is 0.527. The van der Waals surface area contributed by atoms with Crippen molar-refractivity contribution in [2.45, 2.75) is 46.4 Å². The van der Waals surface area contributed by atoms with Crippen molar-refractivity contribution in [1.29, 1.82) is 0 Å². The van der Waals surface area contributed by atoms with Gasteiger partial charge in [0.1, 0.15) is 0 Å². The lowest BCUT2D eigenvalue weighted by atomic mass is 10.3. The van der Waals surface area contributed by atoms with Gasteiger partial charge in [-0.1, -0.05) is 13.8 Å². The predicted molar refractivity (Wildman–Crippen MR) is 86.5 cm³/mol. The first-order valence-electron chi connectivity index (χ1n) is 6.93. The summed E-state index contributed by atoms with van der Waals surface area (Å²) in [7, 11) is 0. The van der Waals surface area contributed by atoms with Crippen LogP contribution in [0.4, 0.5) is 0 Å². The zero-order valence-corrected chi connectivity index (χ0v) is 13.9. The highest BCUT2D eigenvalue weighted by Gasteiger charge is 2.03. The highest BCUT2D eigenvalue weighted by molar-refractivity contribution is 7.12. The quantitative estimate of drug-likeness (QED) is 0.754. The molecule has 0 atom stereocenters. The van der Waals surface area contributed by atoms with Gasteiger partial charge >= 0.3 is 0 Å². The van der Waals surface area contributed by atoms with E-state index < -0.39 is 0 Å². The molecular weight excluding hydrogens is 288 g/mol. The first kappa shape index (κ1) is 15.6. The van der Waals surface area contributed by atoms with Crippen molar-refractivity contribution in [2.75, 3.05) is 6.61 Å². The van der Waals surface area contributed by atoms with Gasteiger partial charge in [-0.15, -0.1) is 22.7 Å². The zero-order valence-electron chi connectivity index (χ0n) is 12.3. The Morgan fingerprint density at radius 3 is 2.80 bits per heavy atom. The molecule has 0 aromatic carbocycles. The summed E-state index contributed by atoms with van der Waals surface area (Å²) in [5.74, 6) is 0. The Balaban J connectivity index is 1.68. The number of thiazole rings is 1. The molecule has 0 aliphatic rings. The Hall–Kier alpha value is -0.750. The molecular formula is C15H22N2OS2. The standard InChI is InChI=1S/C15H22N2OS2/c1-11(2)16-8-13-4-5-14(20-13)9-18-7-6-15-12(3)17-10-19-15/h4-5,10-11,16H,6-9H2,1-3H3. The predicted octanol–water partition coefficient (Wildman–Crippen LogP) is 3.77. The molecule has 0 saturated heterocycles. The number of thiophene rings is 1. The molecule has 5 heteroatoms. The second-order valence-electron chi connectivity index (χ2n) is 5.07. The van der Waals surface area contributed by atoms with E-state index in [0.29, 0.717) is 12.6 Å². The molecule has 0 fully saturated rings. The van der Waals surface area contributed by atoms with E-state index in [2.05, 4.69) is 43.2 Å². The number of aromatic nitrogens is 1. The molecule has 0 spiro atoms. The molecule has 3 nitrogen and oxygen atoms in total. The van der Waals surface area contributed by atoms with E-state index >= 15 is 0 Å². The second-order valence-corrected chi connectivity index (χ2v) is 7.26. The maximum absolute atomic E-state index is 5.76. The Labute approximate surface area is 129 Å². The lowest BCUT2D eigenvalue weighted by Crippen LogP contribution is -2.21. The topological polar surface area (TPSA) is 34.1 Å².